The molecular formula is C10H10N4O. The minimum absolute atomic E-state index is 0.390. The summed E-state index contributed by atoms with van der Waals surface area (Å²) >= 11 is 0. The first-order valence-corrected chi connectivity index (χ1v) is 4.38. The minimum Gasteiger partial charge on any atom is -0.481 e. The Morgan fingerprint density at radius 1 is 1.20 bits per heavy atom. The van der Waals surface area contributed by atoms with Crippen LogP contribution in [0.5, 0.6) is 5.88 Å². The van der Waals surface area contributed by atoms with Gasteiger partial charge in [-0.15, -0.1) is 0 Å². The highest BCUT2D eigenvalue weighted by Crippen LogP contribution is 2.24. The number of ether oxygens (including phenoxy) is 1. The number of anilines is 1. The quantitative estimate of drug-likeness (QED) is 0.790. The van der Waals surface area contributed by atoms with Crippen LogP contribution in [-0.2, 0) is 0 Å². The number of aromatic nitrogens is 3. The van der Waals surface area contributed by atoms with E-state index >= 15 is 0 Å². The molecular weight excluding hydrogens is 192 g/mol. The molecule has 0 aliphatic heterocycles. The van der Waals surface area contributed by atoms with Crippen LogP contribution in [0.15, 0.2) is 30.7 Å². The summed E-state index contributed by atoms with van der Waals surface area (Å²) in [7, 11) is 1.57. The average Bonchev–Trinajstić information content (AvgIpc) is 2.30. The van der Waals surface area contributed by atoms with Crippen LogP contribution in [-0.4, -0.2) is 22.1 Å². The second kappa shape index (κ2) is 3.91. The molecule has 0 bridgehead atoms. The van der Waals surface area contributed by atoms with Crippen LogP contribution in [0, 0.1) is 0 Å². The van der Waals surface area contributed by atoms with Crippen LogP contribution in [0.1, 0.15) is 0 Å². The summed E-state index contributed by atoms with van der Waals surface area (Å²) in [4.78, 5) is 12.2. The molecule has 2 aromatic rings. The topological polar surface area (TPSA) is 73.9 Å². The molecule has 2 N–H and O–H groups in total. The highest BCUT2D eigenvalue weighted by molar-refractivity contribution is 5.64. The van der Waals surface area contributed by atoms with Crippen molar-refractivity contribution >= 4 is 5.82 Å². The third-order valence-corrected chi connectivity index (χ3v) is 1.91. The van der Waals surface area contributed by atoms with Crippen molar-refractivity contribution in [1.29, 1.82) is 0 Å². The maximum atomic E-state index is 5.45. The fourth-order valence-electron chi connectivity index (χ4n) is 1.23. The van der Waals surface area contributed by atoms with Crippen LogP contribution in [0.4, 0.5) is 5.82 Å². The summed E-state index contributed by atoms with van der Waals surface area (Å²) < 4.78 is 5.12. The smallest absolute Gasteiger partial charge is 0.222 e. The SMILES string of the molecule is COc1ncccc1-c1cnc(N)cn1. The number of rotatable bonds is 2. The van der Waals surface area contributed by atoms with Gasteiger partial charge in [0, 0.05) is 6.20 Å². The normalized spacial score (nSPS) is 9.93. The number of nitrogens with two attached hydrogens (primary N) is 1. The largest absolute Gasteiger partial charge is 0.481 e. The Hall–Kier alpha value is -2.17. The van der Waals surface area contributed by atoms with Gasteiger partial charge in [-0.25, -0.2) is 9.97 Å². The molecule has 2 heterocycles. The molecule has 2 aromatic heterocycles. The molecule has 0 fully saturated rings. The first kappa shape index (κ1) is 9.39. The average molecular weight is 202 g/mol. The van der Waals surface area contributed by atoms with E-state index < -0.39 is 0 Å². The first-order valence-electron chi connectivity index (χ1n) is 4.38. The number of pyridine rings is 1. The van der Waals surface area contributed by atoms with Crippen molar-refractivity contribution in [1.82, 2.24) is 15.0 Å². The van der Waals surface area contributed by atoms with Crippen LogP contribution in [0.2, 0.25) is 0 Å². The summed E-state index contributed by atoms with van der Waals surface area (Å²) in [5.41, 5.74) is 6.94. The van der Waals surface area contributed by atoms with Gasteiger partial charge in [0.25, 0.3) is 0 Å². The zero-order valence-corrected chi connectivity index (χ0v) is 8.21. The van der Waals surface area contributed by atoms with E-state index in [1.54, 1.807) is 19.5 Å². The van der Waals surface area contributed by atoms with E-state index in [0.29, 0.717) is 17.4 Å². The lowest BCUT2D eigenvalue weighted by Crippen LogP contribution is -1.95. The van der Waals surface area contributed by atoms with Crippen LogP contribution in [0.3, 0.4) is 0 Å². The van der Waals surface area contributed by atoms with Gasteiger partial charge in [-0.2, -0.15) is 0 Å². The molecule has 76 valence electrons. The van der Waals surface area contributed by atoms with Gasteiger partial charge in [-0.3, -0.25) is 4.98 Å². The fourth-order valence-corrected chi connectivity index (χ4v) is 1.23. The van der Waals surface area contributed by atoms with Gasteiger partial charge in [0.2, 0.25) is 5.88 Å². The molecule has 0 unspecified atom stereocenters. The Labute approximate surface area is 87.0 Å². The Balaban J connectivity index is 2.49. The highest BCUT2D eigenvalue weighted by atomic mass is 16.5. The summed E-state index contributed by atoms with van der Waals surface area (Å²) in [6, 6.07) is 3.68. The maximum Gasteiger partial charge on any atom is 0.222 e. The number of hydrogen-bond acceptors (Lipinski definition) is 5. The maximum absolute atomic E-state index is 5.45. The van der Waals surface area contributed by atoms with Gasteiger partial charge in [0.1, 0.15) is 5.82 Å². The van der Waals surface area contributed by atoms with E-state index in [1.807, 2.05) is 12.1 Å². The lowest BCUT2D eigenvalue weighted by atomic mass is 10.2. The summed E-state index contributed by atoms with van der Waals surface area (Å²) in [6.45, 7) is 0. The van der Waals surface area contributed by atoms with Gasteiger partial charge >= 0.3 is 0 Å². The molecule has 0 saturated carbocycles. The van der Waals surface area contributed by atoms with Crippen molar-refractivity contribution in [3.8, 4) is 17.1 Å². The van der Waals surface area contributed by atoms with Crippen molar-refractivity contribution in [2.45, 2.75) is 0 Å². The van der Waals surface area contributed by atoms with Crippen molar-refractivity contribution in [2.24, 2.45) is 0 Å². The van der Waals surface area contributed by atoms with Crippen molar-refractivity contribution in [3.05, 3.63) is 30.7 Å². The molecule has 2 rings (SSSR count). The van der Waals surface area contributed by atoms with Gasteiger partial charge in [0.05, 0.1) is 30.8 Å². The lowest BCUT2D eigenvalue weighted by molar-refractivity contribution is 0.399. The fraction of sp³-hybridized carbons (Fsp3) is 0.100. The van der Waals surface area contributed by atoms with Gasteiger partial charge in [-0.1, -0.05) is 0 Å². The standard InChI is InChI=1S/C10H10N4O/c1-15-10-7(3-2-4-12-10)8-5-14-9(11)6-13-8/h2-6H,1H3,(H2,11,14). The zero-order chi connectivity index (χ0) is 10.7. The monoisotopic (exact) mass is 202 g/mol. The predicted octanol–water partition coefficient (Wildman–Crippen LogP) is 1.13. The Kier molecular flexibility index (Phi) is 2.45. The highest BCUT2D eigenvalue weighted by Gasteiger charge is 2.07. The van der Waals surface area contributed by atoms with Crippen LogP contribution in [0.25, 0.3) is 11.3 Å². The number of nitrogens with zero attached hydrogens (tertiary/aromatic N) is 3. The Bertz CT molecular complexity index is 455. The molecule has 0 aliphatic carbocycles. The Morgan fingerprint density at radius 2 is 2.07 bits per heavy atom. The minimum atomic E-state index is 0.390. The molecule has 0 atom stereocenters. The van der Waals surface area contributed by atoms with Crippen molar-refractivity contribution in [2.75, 3.05) is 12.8 Å². The van der Waals surface area contributed by atoms with Gasteiger partial charge < -0.3 is 10.5 Å². The predicted molar refractivity (Wildman–Crippen MR) is 56.2 cm³/mol. The molecule has 0 spiro atoms. The molecule has 0 aromatic carbocycles. The van der Waals surface area contributed by atoms with E-state index in [4.69, 9.17) is 10.5 Å². The van der Waals surface area contributed by atoms with Crippen LogP contribution < -0.4 is 10.5 Å². The molecule has 0 amide bonds. The molecule has 5 heteroatoms. The number of nitrogen functional groups attached to an aromatic ring is 1. The van der Waals surface area contributed by atoms with E-state index in [0.717, 1.165) is 5.56 Å². The van der Waals surface area contributed by atoms with Crippen molar-refractivity contribution < 1.29 is 4.74 Å². The second-order valence-corrected chi connectivity index (χ2v) is 2.89. The third kappa shape index (κ3) is 1.85. The Morgan fingerprint density at radius 3 is 2.73 bits per heavy atom. The molecule has 5 nitrogen and oxygen atoms in total. The van der Waals surface area contributed by atoms with Gasteiger partial charge in [-0.05, 0) is 12.1 Å². The molecule has 0 radical (unpaired) electrons. The summed E-state index contributed by atoms with van der Waals surface area (Å²) in [5, 5.41) is 0. The van der Waals surface area contributed by atoms with Crippen molar-refractivity contribution in [3.63, 3.8) is 0 Å². The van der Waals surface area contributed by atoms with E-state index in [1.165, 1.54) is 6.20 Å². The van der Waals surface area contributed by atoms with E-state index in [-0.39, 0.29) is 0 Å². The second-order valence-electron chi connectivity index (χ2n) is 2.89. The molecule has 15 heavy (non-hydrogen) atoms. The van der Waals surface area contributed by atoms with E-state index in [2.05, 4.69) is 15.0 Å². The molecule has 0 saturated heterocycles. The van der Waals surface area contributed by atoms with Crippen LogP contribution >= 0.6 is 0 Å². The number of hydrogen-bond donors (Lipinski definition) is 1. The summed E-state index contributed by atoms with van der Waals surface area (Å²) in [6.07, 6.45) is 4.75. The number of methoxy groups -OCH3 is 1. The lowest BCUT2D eigenvalue weighted by Gasteiger charge is -2.05. The third-order valence-electron chi connectivity index (χ3n) is 1.91. The summed E-state index contributed by atoms with van der Waals surface area (Å²) in [5.74, 6) is 0.915. The molecule has 0 aliphatic rings. The first-order chi connectivity index (χ1) is 7.31. The zero-order valence-electron chi connectivity index (χ0n) is 8.21. The van der Waals surface area contributed by atoms with Gasteiger partial charge in [0.15, 0.2) is 0 Å². The van der Waals surface area contributed by atoms with E-state index in [9.17, 15) is 0 Å².